The zero-order valence-corrected chi connectivity index (χ0v) is 18.1. The molecule has 0 aliphatic carbocycles. The van der Waals surface area contributed by atoms with E-state index in [4.69, 9.17) is 4.74 Å². The second kappa shape index (κ2) is 7.39. The lowest BCUT2D eigenvalue weighted by Gasteiger charge is -2.29. The lowest BCUT2D eigenvalue weighted by Crippen LogP contribution is -2.53. The number of carbonyl (C=O) groups excluding carboxylic acids is 3. The number of methoxy groups -OCH3 is 1. The van der Waals surface area contributed by atoms with Gasteiger partial charge in [-0.25, -0.2) is 4.90 Å². The molecule has 7 nitrogen and oxygen atoms in total. The molecule has 2 aromatic rings. The van der Waals surface area contributed by atoms with Crippen molar-refractivity contribution >= 4 is 40.9 Å². The Balaban J connectivity index is 1.62. The van der Waals surface area contributed by atoms with Gasteiger partial charge in [-0.05, 0) is 48.8 Å². The van der Waals surface area contributed by atoms with E-state index in [0.29, 0.717) is 23.5 Å². The van der Waals surface area contributed by atoms with Gasteiger partial charge in [0.2, 0.25) is 17.7 Å². The van der Waals surface area contributed by atoms with Crippen molar-refractivity contribution in [3.05, 3.63) is 54.1 Å². The second-order valence-corrected chi connectivity index (χ2v) is 9.04. The molecule has 3 aliphatic heterocycles. The molecule has 4 atom stereocenters. The number of rotatable bonds is 5. The Bertz CT molecular complexity index is 1070. The largest absolute Gasteiger partial charge is 0.497 e. The van der Waals surface area contributed by atoms with Crippen LogP contribution in [0.15, 0.2) is 48.5 Å². The Hall–Kier alpha value is -2.84. The fraction of sp³-hybridized carbons (Fsp3) is 0.348. The van der Waals surface area contributed by atoms with Crippen molar-refractivity contribution in [2.45, 2.75) is 18.0 Å². The van der Waals surface area contributed by atoms with Gasteiger partial charge in [0, 0.05) is 17.3 Å². The Kier molecular flexibility index (Phi) is 4.79. The molecule has 2 N–H and O–H groups in total. The minimum Gasteiger partial charge on any atom is -0.497 e. The molecule has 31 heavy (non-hydrogen) atoms. The number of nitrogens with one attached hydrogen (secondary N) is 2. The molecule has 0 bridgehead atoms. The lowest BCUT2D eigenvalue weighted by molar-refractivity contribution is -0.130. The highest BCUT2D eigenvalue weighted by Crippen LogP contribution is 2.53. The van der Waals surface area contributed by atoms with E-state index < -0.39 is 17.4 Å². The summed E-state index contributed by atoms with van der Waals surface area (Å²) in [6, 6.07) is 14.0. The molecule has 0 radical (unpaired) electrons. The minimum atomic E-state index is -1.24. The number of fused-ring (bicyclic) bond motifs is 4. The summed E-state index contributed by atoms with van der Waals surface area (Å²) < 4.78 is 5.20. The van der Waals surface area contributed by atoms with Crippen molar-refractivity contribution in [2.75, 3.05) is 29.3 Å². The molecule has 2 saturated heterocycles. The monoisotopic (exact) mass is 437 g/mol. The average molecular weight is 438 g/mol. The summed E-state index contributed by atoms with van der Waals surface area (Å²) in [6.07, 6.45) is 2.69. The van der Waals surface area contributed by atoms with Gasteiger partial charge in [-0.2, -0.15) is 11.8 Å². The summed E-state index contributed by atoms with van der Waals surface area (Å²) in [5.41, 5.74) is 0.681. The summed E-state index contributed by atoms with van der Waals surface area (Å²) in [4.78, 5) is 41.9. The van der Waals surface area contributed by atoms with Crippen LogP contribution in [-0.2, 0) is 19.9 Å². The van der Waals surface area contributed by atoms with Crippen LogP contribution in [0.25, 0.3) is 0 Å². The molecule has 2 aromatic carbocycles. The number of amides is 3. The fourth-order valence-electron chi connectivity index (χ4n) is 5.24. The molecule has 3 aliphatic rings. The Labute approximate surface area is 184 Å². The number of ether oxygens (including phenoxy) is 1. The van der Waals surface area contributed by atoms with Crippen molar-refractivity contribution in [3.63, 3.8) is 0 Å². The van der Waals surface area contributed by atoms with Crippen LogP contribution in [0.3, 0.4) is 0 Å². The molecule has 0 saturated carbocycles. The predicted octanol–water partition coefficient (Wildman–Crippen LogP) is 2.37. The quantitative estimate of drug-likeness (QED) is 0.699. The van der Waals surface area contributed by atoms with Crippen molar-refractivity contribution in [2.24, 2.45) is 11.8 Å². The van der Waals surface area contributed by atoms with E-state index in [9.17, 15) is 14.4 Å². The number of hydrogen-bond acceptors (Lipinski definition) is 6. The third-order valence-corrected chi connectivity index (χ3v) is 7.23. The van der Waals surface area contributed by atoms with Crippen LogP contribution in [0.5, 0.6) is 5.75 Å². The molecular formula is C23H23N3O4S. The molecular weight excluding hydrogens is 414 g/mol. The first-order valence-corrected chi connectivity index (χ1v) is 11.6. The Morgan fingerprint density at radius 1 is 1.06 bits per heavy atom. The van der Waals surface area contributed by atoms with Gasteiger partial charge in [-0.15, -0.1) is 0 Å². The maximum absolute atomic E-state index is 13.7. The SMILES string of the molecule is COc1ccc(N2C(=O)C3C(CCSC)NC4(C(=O)Nc5ccccc54)C3C2=O)cc1. The first kappa shape index (κ1) is 20.1. The first-order valence-electron chi connectivity index (χ1n) is 10.2. The molecule has 5 rings (SSSR count). The van der Waals surface area contributed by atoms with Gasteiger partial charge in [0.15, 0.2) is 0 Å². The number of imide groups is 1. The summed E-state index contributed by atoms with van der Waals surface area (Å²) in [5.74, 6) is -0.795. The van der Waals surface area contributed by atoms with Crippen molar-refractivity contribution in [3.8, 4) is 5.75 Å². The Morgan fingerprint density at radius 3 is 2.52 bits per heavy atom. The minimum absolute atomic E-state index is 0.257. The van der Waals surface area contributed by atoms with Crippen LogP contribution in [0, 0.1) is 11.8 Å². The number of benzene rings is 2. The summed E-state index contributed by atoms with van der Waals surface area (Å²) in [5, 5.41) is 6.37. The van der Waals surface area contributed by atoms with Crippen LogP contribution in [0.4, 0.5) is 11.4 Å². The van der Waals surface area contributed by atoms with Gasteiger partial charge in [-0.3, -0.25) is 19.7 Å². The van der Waals surface area contributed by atoms with E-state index in [1.165, 1.54) is 4.90 Å². The highest BCUT2D eigenvalue weighted by Gasteiger charge is 2.70. The molecule has 4 unspecified atom stereocenters. The van der Waals surface area contributed by atoms with Gasteiger partial charge in [0.25, 0.3) is 0 Å². The summed E-state index contributed by atoms with van der Waals surface area (Å²) in [6.45, 7) is 0. The van der Waals surface area contributed by atoms with Crippen LogP contribution >= 0.6 is 11.8 Å². The van der Waals surface area contributed by atoms with E-state index in [1.54, 1.807) is 43.1 Å². The molecule has 160 valence electrons. The number of carbonyl (C=O) groups is 3. The van der Waals surface area contributed by atoms with Crippen LogP contribution in [0.1, 0.15) is 12.0 Å². The zero-order chi connectivity index (χ0) is 21.8. The number of nitrogens with zero attached hydrogens (tertiary/aromatic N) is 1. The van der Waals surface area contributed by atoms with E-state index in [2.05, 4.69) is 10.6 Å². The molecule has 3 heterocycles. The summed E-state index contributed by atoms with van der Waals surface area (Å²) in [7, 11) is 1.56. The zero-order valence-electron chi connectivity index (χ0n) is 17.3. The molecule has 1 spiro atoms. The van der Waals surface area contributed by atoms with E-state index in [1.807, 2.05) is 30.5 Å². The van der Waals surface area contributed by atoms with Crippen molar-refractivity contribution in [1.82, 2.24) is 5.32 Å². The van der Waals surface area contributed by atoms with Gasteiger partial charge >= 0.3 is 0 Å². The predicted molar refractivity (Wildman–Crippen MR) is 119 cm³/mol. The standard InChI is InChI=1S/C23H23N3O4S/c1-30-14-9-7-13(8-10-14)26-20(27)18-17(11-12-31-2)25-23(19(18)21(26)28)15-5-3-4-6-16(15)24-22(23)29/h3-10,17-19,25H,11-12H2,1-2H3,(H,24,29). The lowest BCUT2D eigenvalue weighted by atomic mass is 9.76. The van der Waals surface area contributed by atoms with E-state index in [0.717, 1.165) is 11.3 Å². The maximum Gasteiger partial charge on any atom is 0.250 e. The van der Waals surface area contributed by atoms with Crippen LogP contribution < -0.4 is 20.3 Å². The van der Waals surface area contributed by atoms with Gasteiger partial charge in [-0.1, -0.05) is 18.2 Å². The number of hydrogen-bond donors (Lipinski definition) is 2. The van der Waals surface area contributed by atoms with Crippen molar-refractivity contribution in [1.29, 1.82) is 0 Å². The van der Waals surface area contributed by atoms with Crippen molar-refractivity contribution < 1.29 is 19.1 Å². The average Bonchev–Trinajstić information content (AvgIpc) is 3.37. The normalized spacial score (nSPS) is 28.8. The summed E-state index contributed by atoms with van der Waals surface area (Å²) >= 11 is 1.68. The molecule has 3 amide bonds. The number of thioether (sulfide) groups is 1. The third-order valence-electron chi connectivity index (χ3n) is 6.59. The van der Waals surface area contributed by atoms with Gasteiger partial charge < -0.3 is 10.1 Å². The third kappa shape index (κ3) is 2.74. The van der Waals surface area contributed by atoms with E-state index in [-0.39, 0.29) is 23.8 Å². The number of para-hydroxylation sites is 1. The highest BCUT2D eigenvalue weighted by atomic mass is 32.2. The maximum atomic E-state index is 13.7. The van der Waals surface area contributed by atoms with Gasteiger partial charge in [0.1, 0.15) is 11.3 Å². The molecule has 0 aromatic heterocycles. The highest BCUT2D eigenvalue weighted by molar-refractivity contribution is 7.98. The smallest absolute Gasteiger partial charge is 0.250 e. The Morgan fingerprint density at radius 2 is 1.81 bits per heavy atom. The fourth-order valence-corrected chi connectivity index (χ4v) is 5.73. The van der Waals surface area contributed by atoms with Crippen LogP contribution in [-0.4, -0.2) is 42.9 Å². The van der Waals surface area contributed by atoms with Gasteiger partial charge in [0.05, 0.1) is 24.6 Å². The topological polar surface area (TPSA) is 87.7 Å². The first-order chi connectivity index (χ1) is 15.0. The molecule has 2 fully saturated rings. The van der Waals surface area contributed by atoms with E-state index >= 15 is 0 Å². The van der Waals surface area contributed by atoms with Crippen LogP contribution in [0.2, 0.25) is 0 Å². The molecule has 8 heteroatoms. The number of anilines is 2. The second-order valence-electron chi connectivity index (χ2n) is 8.05.